The van der Waals surface area contributed by atoms with E-state index in [0.717, 1.165) is 0 Å². The minimum atomic E-state index is -4.26. The molecule has 0 fully saturated rings. The Morgan fingerprint density at radius 1 is 1.26 bits per heavy atom. The summed E-state index contributed by atoms with van der Waals surface area (Å²) in [7, 11) is -2.81. The Morgan fingerprint density at radius 2 is 1.87 bits per heavy atom. The average Bonchev–Trinajstić information content (AvgIpc) is 2.54. The second-order valence-electron chi connectivity index (χ2n) is 4.57. The summed E-state index contributed by atoms with van der Waals surface area (Å²) in [6, 6.07) is 5.52. The van der Waals surface area contributed by atoms with Crippen molar-refractivity contribution in [1.82, 2.24) is 0 Å². The fourth-order valence-corrected chi connectivity index (χ4v) is 3.45. The molecule has 1 rings (SSSR count). The first kappa shape index (κ1) is 18.6. The molecule has 0 aliphatic carbocycles. The molecule has 122 valence electrons. The molecular weight excluding hydrogens is 316 g/mol. The second-order valence-corrected chi connectivity index (χ2v) is 6.75. The topological polar surface area (TPSA) is 80.7 Å². The van der Waals surface area contributed by atoms with Crippen molar-refractivity contribution in [1.29, 1.82) is 0 Å². The van der Waals surface area contributed by atoms with Crippen LogP contribution in [-0.2, 0) is 14.6 Å². The third-order valence-electron chi connectivity index (χ3n) is 3.16. The number of carbonyl (C=O) groups is 1. The largest absolute Gasteiger partial charge is 0.497 e. The fraction of sp³-hybridized carbons (Fsp3) is 0.353. The summed E-state index contributed by atoms with van der Waals surface area (Å²) >= 11 is 0. The van der Waals surface area contributed by atoms with Crippen LogP contribution in [0.3, 0.4) is 0 Å². The normalized spacial score (nSPS) is 12.8. The van der Waals surface area contributed by atoms with Gasteiger partial charge in [-0.05, 0) is 31.2 Å². The van der Waals surface area contributed by atoms with Crippen LogP contribution in [0.2, 0.25) is 0 Å². The highest BCUT2D eigenvalue weighted by atomic mass is 32.2. The number of methoxy groups -OCH3 is 1. The molecule has 6 heteroatoms. The number of carboxylic acid groups (broad SMARTS) is 1. The maximum atomic E-state index is 12.9. The van der Waals surface area contributed by atoms with E-state index < -0.39 is 27.0 Å². The molecule has 1 atom stereocenters. The van der Waals surface area contributed by atoms with Gasteiger partial charge in [0, 0.05) is 6.42 Å². The molecule has 0 spiro atoms. The van der Waals surface area contributed by atoms with Crippen molar-refractivity contribution in [3.05, 3.63) is 24.3 Å². The molecule has 1 unspecified atom stereocenters. The molecule has 0 heterocycles. The quantitative estimate of drug-likeness (QED) is 0.834. The van der Waals surface area contributed by atoms with E-state index in [4.69, 9.17) is 4.74 Å². The van der Waals surface area contributed by atoms with E-state index in [1.165, 1.54) is 38.3 Å². The van der Waals surface area contributed by atoms with Gasteiger partial charge in [-0.25, -0.2) is 13.2 Å². The summed E-state index contributed by atoms with van der Waals surface area (Å²) in [5.41, 5.74) is 0. The number of ether oxygens (including phenoxy) is 1. The van der Waals surface area contributed by atoms with Crippen LogP contribution in [0.4, 0.5) is 0 Å². The lowest BCUT2D eigenvalue weighted by atomic mass is 10.1. The molecule has 0 aromatic heterocycles. The van der Waals surface area contributed by atoms with Crippen molar-refractivity contribution in [3.63, 3.8) is 0 Å². The molecule has 5 nitrogen and oxygen atoms in total. The monoisotopic (exact) mass is 334 g/mol. The number of carboxylic acids is 1. The van der Waals surface area contributed by atoms with Gasteiger partial charge in [0.2, 0.25) is 14.6 Å². The van der Waals surface area contributed by atoms with E-state index in [1.54, 1.807) is 6.92 Å². The zero-order chi connectivity index (χ0) is 17.5. The first-order chi connectivity index (χ1) is 10.9. The Morgan fingerprint density at radius 3 is 2.30 bits per heavy atom. The third-order valence-corrected chi connectivity index (χ3v) is 5.39. The van der Waals surface area contributed by atoms with Gasteiger partial charge in [-0.2, -0.15) is 0 Å². The van der Waals surface area contributed by atoms with Gasteiger partial charge in [0.25, 0.3) is 0 Å². The zero-order valence-corrected chi connectivity index (χ0v) is 14.0. The predicted molar refractivity (Wildman–Crippen MR) is 86.7 cm³/mol. The maximum Gasteiger partial charge on any atom is 0.338 e. The van der Waals surface area contributed by atoms with Crippen LogP contribution in [0.25, 0.3) is 0 Å². The molecule has 0 aliphatic heterocycles. The lowest BCUT2D eigenvalue weighted by Gasteiger charge is -2.22. The Bertz CT molecular complexity index is 785. The van der Waals surface area contributed by atoms with E-state index in [9.17, 15) is 18.3 Å². The van der Waals surface area contributed by atoms with Crippen LogP contribution in [0.15, 0.2) is 29.2 Å². The van der Waals surface area contributed by atoms with Crippen molar-refractivity contribution in [3.8, 4) is 29.4 Å². The molecular formula is C17H18O5S. The van der Waals surface area contributed by atoms with Crippen LogP contribution in [-0.4, -0.2) is 31.4 Å². The minimum Gasteiger partial charge on any atom is -0.497 e. The molecule has 0 radical (unpaired) electrons. The van der Waals surface area contributed by atoms with Crippen LogP contribution in [0.1, 0.15) is 26.7 Å². The minimum absolute atomic E-state index is 0.135. The van der Waals surface area contributed by atoms with E-state index in [2.05, 4.69) is 23.7 Å². The lowest BCUT2D eigenvalue weighted by Crippen LogP contribution is -2.45. The van der Waals surface area contributed by atoms with Crippen LogP contribution >= 0.6 is 0 Å². The highest BCUT2D eigenvalue weighted by Crippen LogP contribution is 2.30. The number of benzene rings is 1. The molecule has 1 aromatic carbocycles. The summed E-state index contributed by atoms with van der Waals surface area (Å²) in [5.74, 6) is 9.00. The molecule has 1 aromatic rings. The van der Waals surface area contributed by atoms with Gasteiger partial charge in [0.1, 0.15) is 5.75 Å². The molecule has 23 heavy (non-hydrogen) atoms. The van der Waals surface area contributed by atoms with Gasteiger partial charge < -0.3 is 9.84 Å². The Balaban J connectivity index is 3.58. The van der Waals surface area contributed by atoms with Gasteiger partial charge in [-0.1, -0.05) is 12.8 Å². The predicted octanol–water partition coefficient (Wildman–Crippen LogP) is 2.12. The van der Waals surface area contributed by atoms with Crippen LogP contribution < -0.4 is 4.74 Å². The Kier molecular flexibility index (Phi) is 6.24. The summed E-state index contributed by atoms with van der Waals surface area (Å²) in [6.45, 7) is 3.23. The molecule has 0 saturated heterocycles. The average molecular weight is 334 g/mol. The van der Waals surface area contributed by atoms with E-state index >= 15 is 0 Å². The van der Waals surface area contributed by atoms with Gasteiger partial charge in [0.15, 0.2) is 0 Å². The maximum absolute atomic E-state index is 12.9. The number of rotatable bonds is 5. The summed E-state index contributed by atoms with van der Waals surface area (Å²) < 4.78 is 28.5. The summed E-state index contributed by atoms with van der Waals surface area (Å²) in [5, 5.41) is 9.60. The Labute approximate surface area is 136 Å². The molecule has 0 saturated carbocycles. The van der Waals surface area contributed by atoms with Crippen molar-refractivity contribution < 1.29 is 23.1 Å². The zero-order valence-electron chi connectivity index (χ0n) is 13.2. The van der Waals surface area contributed by atoms with Gasteiger partial charge >= 0.3 is 5.97 Å². The van der Waals surface area contributed by atoms with E-state index in [-0.39, 0.29) is 4.90 Å². The highest BCUT2D eigenvalue weighted by Gasteiger charge is 2.50. The summed E-state index contributed by atoms with van der Waals surface area (Å²) in [6.07, 6.45) is -0.0626. The molecule has 0 amide bonds. The highest BCUT2D eigenvalue weighted by molar-refractivity contribution is 7.94. The third kappa shape index (κ3) is 3.67. The number of aliphatic carboxylic acids is 1. The van der Waals surface area contributed by atoms with Gasteiger partial charge in [-0.15, -0.1) is 17.8 Å². The van der Waals surface area contributed by atoms with Gasteiger partial charge in [0.05, 0.1) is 18.4 Å². The van der Waals surface area contributed by atoms with Crippen molar-refractivity contribution in [2.24, 2.45) is 0 Å². The lowest BCUT2D eigenvalue weighted by molar-refractivity contribution is -0.138. The van der Waals surface area contributed by atoms with Crippen molar-refractivity contribution >= 4 is 15.8 Å². The smallest absolute Gasteiger partial charge is 0.338 e. The molecule has 0 bridgehead atoms. The van der Waals surface area contributed by atoms with Crippen molar-refractivity contribution in [2.45, 2.75) is 36.3 Å². The first-order valence-corrected chi connectivity index (χ1v) is 8.35. The first-order valence-electron chi connectivity index (χ1n) is 6.87. The van der Waals surface area contributed by atoms with E-state index in [0.29, 0.717) is 12.2 Å². The van der Waals surface area contributed by atoms with E-state index in [1.807, 2.05) is 0 Å². The SMILES string of the molecule is CC#CCC(C#CCC)(C(=O)O)S(=O)(=O)c1ccc(OC)cc1. The van der Waals surface area contributed by atoms with Crippen molar-refractivity contribution in [2.75, 3.05) is 7.11 Å². The number of hydrogen-bond donors (Lipinski definition) is 1. The summed E-state index contributed by atoms with van der Waals surface area (Å²) in [4.78, 5) is 11.7. The molecule has 0 aliphatic rings. The fourth-order valence-electron chi connectivity index (χ4n) is 1.85. The van der Waals surface area contributed by atoms with Crippen LogP contribution in [0, 0.1) is 23.7 Å². The molecule has 1 N–H and O–H groups in total. The van der Waals surface area contributed by atoms with Crippen LogP contribution in [0.5, 0.6) is 5.75 Å². The second kappa shape index (κ2) is 7.71. The number of hydrogen-bond acceptors (Lipinski definition) is 4. The standard InChI is InChI=1S/C17H18O5S/c1-4-6-12-17(16(18)19,13-7-5-2)23(20,21)15-10-8-14(22-3)9-11-15/h8-11H,4,13H2,1-3H3,(H,18,19). The van der Waals surface area contributed by atoms with Gasteiger partial charge in [-0.3, -0.25) is 0 Å². The Hall–Kier alpha value is -2.44. The number of sulfone groups is 1.